The van der Waals surface area contributed by atoms with Crippen LogP contribution in [0.5, 0.6) is 0 Å². The number of aryl methyl sites for hydroxylation is 2. The molecule has 0 radical (unpaired) electrons. The second kappa shape index (κ2) is 3.28. The summed E-state index contributed by atoms with van der Waals surface area (Å²) < 4.78 is 0. The molecule has 0 saturated heterocycles. The first-order valence-electron chi connectivity index (χ1n) is 3.80. The molecule has 1 aromatic rings. The Kier molecular flexibility index (Phi) is 2.53. The van der Waals surface area contributed by atoms with Gasteiger partial charge in [0, 0.05) is 5.56 Å². The second-order valence-electron chi connectivity index (χ2n) is 2.94. The minimum Gasteiger partial charge on any atom is -0.294 e. The fourth-order valence-electron chi connectivity index (χ4n) is 1.21. The molecule has 0 heterocycles. The van der Waals surface area contributed by atoms with Crippen molar-refractivity contribution in [1.29, 1.82) is 0 Å². The number of hydrogen-bond acceptors (Lipinski definition) is 1. The molecule has 0 aliphatic heterocycles. The van der Waals surface area contributed by atoms with Gasteiger partial charge in [0.05, 0.1) is 5.02 Å². The number of ketones is 1. The van der Waals surface area contributed by atoms with E-state index in [2.05, 4.69) is 0 Å². The summed E-state index contributed by atoms with van der Waals surface area (Å²) >= 11 is 5.97. The van der Waals surface area contributed by atoms with Crippen LogP contribution in [-0.2, 0) is 0 Å². The van der Waals surface area contributed by atoms with Gasteiger partial charge in [0.1, 0.15) is 0 Å². The summed E-state index contributed by atoms with van der Waals surface area (Å²) in [5.74, 6) is 0.0289. The van der Waals surface area contributed by atoms with Gasteiger partial charge in [-0.15, -0.1) is 0 Å². The van der Waals surface area contributed by atoms with Crippen LogP contribution in [0, 0.1) is 13.8 Å². The van der Waals surface area contributed by atoms with E-state index in [1.54, 1.807) is 0 Å². The monoisotopic (exact) mass is 182 g/mol. The Hall–Kier alpha value is -0.820. The zero-order chi connectivity index (χ0) is 9.30. The Bertz CT molecular complexity index is 329. The molecule has 0 aliphatic carbocycles. The van der Waals surface area contributed by atoms with E-state index in [-0.39, 0.29) is 5.78 Å². The van der Waals surface area contributed by atoms with Crippen LogP contribution in [0.4, 0.5) is 0 Å². The van der Waals surface area contributed by atoms with Crippen molar-refractivity contribution >= 4 is 17.4 Å². The van der Waals surface area contributed by atoms with Crippen molar-refractivity contribution in [2.24, 2.45) is 0 Å². The van der Waals surface area contributed by atoms with Crippen LogP contribution < -0.4 is 0 Å². The zero-order valence-electron chi connectivity index (χ0n) is 7.44. The molecule has 1 rings (SSSR count). The lowest BCUT2D eigenvalue weighted by Gasteiger charge is -2.06. The molecule has 0 fully saturated rings. The first kappa shape index (κ1) is 9.27. The molecule has 1 nitrogen and oxygen atoms in total. The van der Waals surface area contributed by atoms with Gasteiger partial charge in [-0.2, -0.15) is 0 Å². The minimum absolute atomic E-state index is 0.0289. The highest BCUT2D eigenvalue weighted by Gasteiger charge is 2.10. The van der Waals surface area contributed by atoms with E-state index < -0.39 is 0 Å². The SMILES string of the molecule is CC(=O)c1c(C)ccc(C)c1Cl. The number of halogens is 1. The van der Waals surface area contributed by atoms with E-state index >= 15 is 0 Å². The van der Waals surface area contributed by atoms with Crippen molar-refractivity contribution in [3.05, 3.63) is 33.8 Å². The van der Waals surface area contributed by atoms with E-state index in [0.717, 1.165) is 11.1 Å². The van der Waals surface area contributed by atoms with Gasteiger partial charge >= 0.3 is 0 Å². The van der Waals surface area contributed by atoms with Crippen LogP contribution in [0.15, 0.2) is 12.1 Å². The van der Waals surface area contributed by atoms with Crippen molar-refractivity contribution in [3.8, 4) is 0 Å². The standard InChI is InChI=1S/C10H11ClO/c1-6-4-5-7(2)10(11)9(6)8(3)12/h4-5H,1-3H3. The minimum atomic E-state index is 0.0289. The van der Waals surface area contributed by atoms with Crippen molar-refractivity contribution in [1.82, 2.24) is 0 Å². The maximum Gasteiger partial charge on any atom is 0.161 e. The third kappa shape index (κ3) is 1.51. The lowest BCUT2D eigenvalue weighted by molar-refractivity contribution is 0.101. The maximum atomic E-state index is 11.2. The Labute approximate surface area is 77.4 Å². The summed E-state index contributed by atoms with van der Waals surface area (Å²) in [7, 11) is 0. The van der Waals surface area contributed by atoms with Crippen LogP contribution in [0.25, 0.3) is 0 Å². The first-order chi connectivity index (χ1) is 5.54. The maximum absolute atomic E-state index is 11.2. The smallest absolute Gasteiger partial charge is 0.161 e. The van der Waals surface area contributed by atoms with Crippen molar-refractivity contribution in [2.75, 3.05) is 0 Å². The third-order valence-corrected chi connectivity index (χ3v) is 2.38. The van der Waals surface area contributed by atoms with Crippen LogP contribution in [0.2, 0.25) is 5.02 Å². The molecule has 0 amide bonds. The Balaban J connectivity index is 3.43. The number of carbonyl (C=O) groups is 1. The molecule has 2 heteroatoms. The average Bonchev–Trinajstić information content (AvgIpc) is 1.97. The van der Waals surface area contributed by atoms with Crippen LogP contribution in [0.3, 0.4) is 0 Å². The Morgan fingerprint density at radius 1 is 1.25 bits per heavy atom. The number of hydrogen-bond donors (Lipinski definition) is 0. The van der Waals surface area contributed by atoms with Crippen LogP contribution >= 0.6 is 11.6 Å². The summed E-state index contributed by atoms with van der Waals surface area (Å²) in [6.07, 6.45) is 0. The van der Waals surface area contributed by atoms with Gasteiger partial charge in [-0.3, -0.25) is 4.79 Å². The second-order valence-corrected chi connectivity index (χ2v) is 3.32. The first-order valence-corrected chi connectivity index (χ1v) is 4.18. The predicted octanol–water partition coefficient (Wildman–Crippen LogP) is 3.16. The van der Waals surface area contributed by atoms with E-state index in [1.807, 2.05) is 26.0 Å². The normalized spacial score (nSPS) is 10.0. The average molecular weight is 183 g/mol. The lowest BCUT2D eigenvalue weighted by atomic mass is 10.0. The third-order valence-electron chi connectivity index (χ3n) is 1.90. The Morgan fingerprint density at radius 3 is 2.17 bits per heavy atom. The number of rotatable bonds is 1. The quantitative estimate of drug-likeness (QED) is 0.610. The molecule has 0 spiro atoms. The highest BCUT2D eigenvalue weighted by Crippen LogP contribution is 2.23. The molecule has 12 heavy (non-hydrogen) atoms. The highest BCUT2D eigenvalue weighted by molar-refractivity contribution is 6.34. The molecular weight excluding hydrogens is 172 g/mol. The fraction of sp³-hybridized carbons (Fsp3) is 0.300. The van der Waals surface area contributed by atoms with E-state index in [4.69, 9.17) is 11.6 Å². The van der Waals surface area contributed by atoms with Crippen molar-refractivity contribution in [3.63, 3.8) is 0 Å². The van der Waals surface area contributed by atoms with Crippen molar-refractivity contribution < 1.29 is 4.79 Å². The lowest BCUT2D eigenvalue weighted by Crippen LogP contribution is -1.98. The van der Waals surface area contributed by atoms with E-state index in [9.17, 15) is 4.79 Å². The molecule has 0 N–H and O–H groups in total. The predicted molar refractivity (Wildman–Crippen MR) is 50.9 cm³/mol. The summed E-state index contributed by atoms with van der Waals surface area (Å²) in [6, 6.07) is 3.84. The molecule has 0 saturated carbocycles. The van der Waals surface area contributed by atoms with Crippen molar-refractivity contribution in [2.45, 2.75) is 20.8 Å². The van der Waals surface area contributed by atoms with E-state index in [0.29, 0.717) is 10.6 Å². The molecule has 1 aromatic carbocycles. The summed E-state index contributed by atoms with van der Waals surface area (Å²) in [5, 5.41) is 0.586. The summed E-state index contributed by atoms with van der Waals surface area (Å²) in [5.41, 5.74) is 2.54. The van der Waals surface area contributed by atoms with Crippen LogP contribution in [0.1, 0.15) is 28.4 Å². The zero-order valence-corrected chi connectivity index (χ0v) is 8.20. The number of benzene rings is 1. The van der Waals surface area contributed by atoms with Gasteiger partial charge in [0.2, 0.25) is 0 Å². The molecule has 64 valence electrons. The molecule has 0 aliphatic rings. The molecule has 0 atom stereocenters. The molecule has 0 unspecified atom stereocenters. The molecular formula is C10H11ClO. The number of carbonyl (C=O) groups excluding carboxylic acids is 1. The Morgan fingerprint density at radius 2 is 1.75 bits per heavy atom. The number of Topliss-reactive ketones (excluding diaryl/α,β-unsaturated/α-hetero) is 1. The van der Waals surface area contributed by atoms with Crippen LogP contribution in [-0.4, -0.2) is 5.78 Å². The van der Waals surface area contributed by atoms with Gasteiger partial charge in [-0.25, -0.2) is 0 Å². The van der Waals surface area contributed by atoms with E-state index in [1.165, 1.54) is 6.92 Å². The van der Waals surface area contributed by atoms with Gasteiger partial charge in [-0.1, -0.05) is 23.7 Å². The molecule has 0 bridgehead atoms. The largest absolute Gasteiger partial charge is 0.294 e. The van der Waals surface area contributed by atoms with Gasteiger partial charge in [0.25, 0.3) is 0 Å². The van der Waals surface area contributed by atoms with Gasteiger partial charge in [-0.05, 0) is 31.9 Å². The van der Waals surface area contributed by atoms with Gasteiger partial charge < -0.3 is 0 Å². The topological polar surface area (TPSA) is 17.1 Å². The van der Waals surface area contributed by atoms with Gasteiger partial charge in [0.15, 0.2) is 5.78 Å². The fourth-order valence-corrected chi connectivity index (χ4v) is 1.55. The summed E-state index contributed by atoms with van der Waals surface area (Å²) in [6.45, 7) is 5.32. The highest BCUT2D eigenvalue weighted by atomic mass is 35.5. The summed E-state index contributed by atoms with van der Waals surface area (Å²) in [4.78, 5) is 11.2. The molecule has 0 aromatic heterocycles.